The maximum atomic E-state index is 13.5. The van der Waals surface area contributed by atoms with E-state index in [2.05, 4.69) is 21.3 Å². The highest BCUT2D eigenvalue weighted by atomic mass is 31.1. The van der Waals surface area contributed by atoms with Gasteiger partial charge in [0.05, 0.1) is 12.6 Å². The molecule has 0 saturated carbocycles. The van der Waals surface area contributed by atoms with Crippen LogP contribution in [-0.4, -0.2) is 74.0 Å². The number of unbranched alkanes of at least 4 members (excludes halogenated alkanes) is 2. The second-order valence-corrected chi connectivity index (χ2v) is 13.3. The van der Waals surface area contributed by atoms with Gasteiger partial charge in [-0.15, -0.1) is 0 Å². The van der Waals surface area contributed by atoms with Crippen molar-refractivity contribution in [1.29, 1.82) is 0 Å². The predicted molar refractivity (Wildman–Crippen MR) is 191 cm³/mol. The van der Waals surface area contributed by atoms with Crippen molar-refractivity contribution in [1.82, 2.24) is 21.3 Å². The first-order valence-electron chi connectivity index (χ1n) is 17.7. The number of rotatable bonds is 22. The Hall–Kier alpha value is -4.30. The van der Waals surface area contributed by atoms with Gasteiger partial charge in [0.25, 0.3) is 0 Å². The lowest BCUT2D eigenvalue weighted by molar-refractivity contribution is -0.165. The summed E-state index contributed by atoms with van der Waals surface area (Å²) in [5.41, 5.74) is 1.64. The van der Waals surface area contributed by atoms with Gasteiger partial charge in [0, 0.05) is 6.54 Å². The third-order valence-electron chi connectivity index (χ3n) is 8.03. The van der Waals surface area contributed by atoms with E-state index in [0.29, 0.717) is 45.2 Å². The number of benzene rings is 2. The van der Waals surface area contributed by atoms with Gasteiger partial charge in [0.1, 0.15) is 25.3 Å². The van der Waals surface area contributed by atoms with Crippen LogP contribution in [0.3, 0.4) is 0 Å². The second kappa shape index (κ2) is 24.0. The quantitative estimate of drug-likeness (QED) is 0.0427. The van der Waals surface area contributed by atoms with Crippen LogP contribution in [0, 0.1) is 0 Å². The largest absolute Gasteiger partial charge is 0.445 e. The van der Waals surface area contributed by atoms with Crippen LogP contribution in [0.25, 0.3) is 0 Å². The molecule has 0 bridgehead atoms. The highest BCUT2D eigenvalue weighted by Gasteiger charge is 2.29. The van der Waals surface area contributed by atoms with E-state index in [0.717, 1.165) is 24.0 Å². The normalized spacial score (nSPS) is 16.1. The van der Waals surface area contributed by atoms with E-state index in [4.69, 9.17) is 23.3 Å². The Labute approximate surface area is 305 Å². The van der Waals surface area contributed by atoms with Crippen molar-refractivity contribution >= 4 is 38.3 Å². The van der Waals surface area contributed by atoms with Gasteiger partial charge in [-0.25, -0.2) is 19.2 Å². The molecule has 1 aliphatic rings. The average molecular weight is 747 g/mol. The summed E-state index contributed by atoms with van der Waals surface area (Å²) in [6, 6.07) is 16.2. The van der Waals surface area contributed by atoms with Crippen LogP contribution >= 0.6 is 8.25 Å². The number of hydrogen-bond acceptors (Lipinski definition) is 12. The smallest absolute Gasteiger partial charge is 0.408 e. The van der Waals surface area contributed by atoms with Crippen molar-refractivity contribution in [3.63, 3.8) is 0 Å². The fourth-order valence-corrected chi connectivity index (χ4v) is 5.89. The van der Waals surface area contributed by atoms with E-state index in [1.807, 2.05) is 55.5 Å². The third kappa shape index (κ3) is 16.8. The molecule has 2 aromatic rings. The van der Waals surface area contributed by atoms with Crippen LogP contribution in [0.5, 0.6) is 0 Å². The van der Waals surface area contributed by atoms with Crippen molar-refractivity contribution in [3.8, 4) is 0 Å². The number of esters is 2. The lowest BCUT2D eigenvalue weighted by Gasteiger charge is -2.23. The van der Waals surface area contributed by atoms with Crippen LogP contribution in [0.15, 0.2) is 60.7 Å². The summed E-state index contributed by atoms with van der Waals surface area (Å²) in [6.07, 6.45) is 1.84. The molecule has 0 aromatic heterocycles. The van der Waals surface area contributed by atoms with Crippen LogP contribution in [0.2, 0.25) is 0 Å². The maximum Gasteiger partial charge on any atom is 0.408 e. The Morgan fingerprint density at radius 1 is 0.865 bits per heavy atom. The second-order valence-electron chi connectivity index (χ2n) is 12.3. The molecule has 0 spiro atoms. The number of alkyl carbamates (subject to hydrolysis) is 2. The molecule has 52 heavy (non-hydrogen) atoms. The van der Waals surface area contributed by atoms with Crippen molar-refractivity contribution in [2.45, 2.75) is 103 Å². The lowest BCUT2D eigenvalue weighted by atomic mass is 10.1. The molecule has 15 nitrogen and oxygen atoms in total. The molecule has 0 aliphatic carbocycles. The van der Waals surface area contributed by atoms with E-state index in [9.17, 15) is 28.5 Å². The fourth-order valence-electron chi connectivity index (χ4n) is 5.10. The number of nitrogens with one attached hydrogen (secondary N) is 4. The number of carbonyl (C=O) groups is 5. The third-order valence-corrected chi connectivity index (χ3v) is 8.98. The molecule has 0 radical (unpaired) electrons. The van der Waals surface area contributed by atoms with E-state index in [1.165, 1.54) is 6.92 Å². The molecule has 5 atom stereocenters. The predicted octanol–water partition coefficient (Wildman–Crippen LogP) is 4.69. The zero-order chi connectivity index (χ0) is 37.6. The van der Waals surface area contributed by atoms with Crippen LogP contribution in [0.1, 0.15) is 76.3 Å². The monoisotopic (exact) mass is 746 g/mol. The Morgan fingerprint density at radius 3 is 2.13 bits per heavy atom. The summed E-state index contributed by atoms with van der Waals surface area (Å²) >= 11 is 0. The zero-order valence-corrected chi connectivity index (χ0v) is 30.8. The average Bonchev–Trinajstić information content (AvgIpc) is 3.70. The van der Waals surface area contributed by atoms with E-state index in [-0.39, 0.29) is 26.2 Å². The van der Waals surface area contributed by atoms with E-state index >= 15 is 0 Å². The summed E-state index contributed by atoms with van der Waals surface area (Å²) in [4.78, 5) is 62.8. The van der Waals surface area contributed by atoms with Crippen molar-refractivity contribution in [2.75, 3.05) is 19.7 Å². The Morgan fingerprint density at radius 2 is 1.52 bits per heavy atom. The minimum atomic E-state index is -3.22. The highest BCUT2D eigenvalue weighted by molar-refractivity contribution is 7.33. The maximum absolute atomic E-state index is 13.5. The standard InChI is InChI=1S/C36H51N4O11P/c1-3-4-18-29(25-49-52(46)51-26(2)33(42)50-34(43)31-20-13-22-37-31)39-32(41)30(40-36(45)48-24-28-16-9-6-10-17-28)19-11-12-21-38-35(44)47-23-27-14-7-5-8-15-27/h5-10,14-17,26,29-31,37,52H,3-4,11-13,18-25H2,1-2H3,(H,38,44)(H,39,41)(H,40,45)/t26?,29?,30?,31-/m0/s1. The molecule has 4 unspecified atom stereocenters. The van der Waals surface area contributed by atoms with Crippen molar-refractivity contribution in [3.05, 3.63) is 71.8 Å². The summed E-state index contributed by atoms with van der Waals surface area (Å²) in [5.74, 6) is -2.21. The van der Waals surface area contributed by atoms with Gasteiger partial charge in [-0.2, -0.15) is 0 Å². The first-order chi connectivity index (χ1) is 25.1. The number of hydrogen-bond donors (Lipinski definition) is 4. The number of amides is 3. The van der Waals surface area contributed by atoms with Crippen molar-refractivity contribution < 1.29 is 51.8 Å². The first kappa shape index (κ1) is 42.1. The van der Waals surface area contributed by atoms with Crippen LogP contribution in [-0.2, 0) is 55.4 Å². The Kier molecular flexibility index (Phi) is 19.5. The molecular formula is C36H51N4O11P. The minimum absolute atomic E-state index is 0.00880. The van der Waals surface area contributed by atoms with E-state index in [1.54, 1.807) is 12.1 Å². The molecule has 286 valence electrons. The molecule has 16 heteroatoms. The SMILES string of the molecule is CCCCC(CO[PH](=O)OC(C)C(=O)OC(=O)[C@@H]1CCCN1)NC(=O)C(CCCCNC(=O)OCc1ccccc1)NC(=O)OCc1ccccc1. The Bertz CT molecular complexity index is 1430. The molecule has 1 aliphatic heterocycles. The number of ether oxygens (including phenoxy) is 3. The van der Waals surface area contributed by atoms with Crippen LogP contribution < -0.4 is 21.3 Å². The molecule has 1 heterocycles. The molecule has 3 amide bonds. The van der Waals surface area contributed by atoms with Gasteiger partial charge in [0.15, 0.2) is 6.10 Å². The van der Waals surface area contributed by atoms with E-state index < -0.39 is 62.5 Å². The lowest BCUT2D eigenvalue weighted by Crippen LogP contribution is -2.50. The summed E-state index contributed by atoms with van der Waals surface area (Å²) < 4.78 is 38.6. The fraction of sp³-hybridized carbons (Fsp3) is 0.528. The van der Waals surface area contributed by atoms with Crippen LogP contribution in [0.4, 0.5) is 9.59 Å². The van der Waals surface area contributed by atoms with Gasteiger partial charge in [-0.05, 0) is 63.1 Å². The summed E-state index contributed by atoms with van der Waals surface area (Å²) in [5, 5.41) is 11.1. The first-order valence-corrected chi connectivity index (χ1v) is 18.9. The summed E-state index contributed by atoms with van der Waals surface area (Å²) in [7, 11) is -3.22. The van der Waals surface area contributed by atoms with Gasteiger partial charge in [0.2, 0.25) is 5.91 Å². The molecule has 2 aromatic carbocycles. The van der Waals surface area contributed by atoms with Gasteiger partial charge in [-0.1, -0.05) is 80.4 Å². The highest BCUT2D eigenvalue weighted by Crippen LogP contribution is 2.27. The van der Waals surface area contributed by atoms with Gasteiger partial charge in [-0.3, -0.25) is 13.9 Å². The zero-order valence-electron chi connectivity index (χ0n) is 29.8. The molecule has 3 rings (SSSR count). The number of carbonyl (C=O) groups excluding carboxylic acids is 5. The summed E-state index contributed by atoms with van der Waals surface area (Å²) in [6.45, 7) is 4.16. The Balaban J connectivity index is 1.50. The van der Waals surface area contributed by atoms with Gasteiger partial charge < -0.3 is 40.0 Å². The van der Waals surface area contributed by atoms with Gasteiger partial charge >= 0.3 is 32.4 Å². The molecular weight excluding hydrogens is 695 g/mol. The molecule has 1 fully saturated rings. The minimum Gasteiger partial charge on any atom is -0.445 e. The topological polar surface area (TPSA) is 197 Å². The van der Waals surface area contributed by atoms with Crippen molar-refractivity contribution in [2.24, 2.45) is 0 Å². The molecule has 4 N–H and O–H groups in total. The molecule has 1 saturated heterocycles.